The smallest absolute Gasteiger partial charge is 0.425 e. The zero-order chi connectivity index (χ0) is 62.6. The quantitative estimate of drug-likeness (QED) is 0.0410. The predicted octanol–water partition coefficient (Wildman–Crippen LogP) is 12.8. The standard InChI is InChI=1S/C34H36N2O5S3.C17H22NS.C6H14O2.2CO2.CH4.BF.O3S/c1-6-15-35-28(34(4,5)25-20-23(32(37)38)31-22(30(25)35)14-18-43-31)10-7-9-27-33(2,3)24-11-12-26-21(13-17-42-26)29(24)36(27)16-8-19-44(39,40)41;1-5-6-10-18-12(2)17(3,4)14-7-8-15-13(16(14)18)9-11-19-15;1-4-7-6(3)8-5-2;2*2-1-3;;1-2;1-4(2)3/h7,9-14,17-18,20H,6,8,15-16,19H2,1-5H3,(H-,37,38,39,40,41);7-9,11H,5-6,10H2,1-4H3;6H,4-5H2,1-3H3;;;1H4;;/q;+1;;;;;;. The fraction of sp³-hybridized carbons (Fsp3) is 0.450. The molecular weight excluding hydrogens is 1180 g/mol. The summed E-state index contributed by atoms with van der Waals surface area (Å²) in [5.74, 6) is -1.33. The molecule has 3 aromatic heterocycles. The largest absolute Gasteiger partial charge is 0.748 e. The van der Waals surface area contributed by atoms with Crippen molar-refractivity contribution in [3.05, 3.63) is 111 Å². The molecule has 24 heteroatoms. The highest BCUT2D eigenvalue weighted by atomic mass is 32.2. The van der Waals surface area contributed by atoms with Crippen LogP contribution in [0.4, 0.5) is 21.4 Å². The summed E-state index contributed by atoms with van der Waals surface area (Å²) < 4.78 is 87.0. The summed E-state index contributed by atoms with van der Waals surface area (Å²) >= 11 is 4.98. The molecule has 0 atom stereocenters. The van der Waals surface area contributed by atoms with Gasteiger partial charge >= 0.3 is 37.0 Å². The van der Waals surface area contributed by atoms with Gasteiger partial charge in [0.1, 0.15) is 13.1 Å². The summed E-state index contributed by atoms with van der Waals surface area (Å²) in [4.78, 5) is 47.1. The van der Waals surface area contributed by atoms with Crippen molar-refractivity contribution in [3.8, 4) is 0 Å². The van der Waals surface area contributed by atoms with Gasteiger partial charge in [-0.1, -0.05) is 47.6 Å². The molecule has 6 heterocycles. The Morgan fingerprint density at radius 1 is 0.762 bits per heavy atom. The number of hydrogen-bond acceptors (Lipinski definition) is 17. The number of aromatic carboxylic acids is 1. The molecule has 0 saturated heterocycles. The molecule has 2 radical (unpaired) electrons. The number of carboxylic acid groups (broad SMARTS) is 1. The van der Waals surface area contributed by atoms with E-state index in [9.17, 15) is 22.9 Å². The molecule has 3 aliphatic heterocycles. The van der Waals surface area contributed by atoms with Crippen LogP contribution in [0.2, 0.25) is 0 Å². The number of allylic oxidation sites excluding steroid dienone is 4. The van der Waals surface area contributed by atoms with Crippen LogP contribution in [0.1, 0.15) is 143 Å². The lowest BCUT2D eigenvalue weighted by Gasteiger charge is -2.26. The van der Waals surface area contributed by atoms with Crippen molar-refractivity contribution < 1.29 is 77.6 Å². The number of carboxylic acids is 1. The predicted molar refractivity (Wildman–Crippen MR) is 332 cm³/mol. The summed E-state index contributed by atoms with van der Waals surface area (Å²) in [5.41, 5.74) is 10.6. The van der Waals surface area contributed by atoms with Gasteiger partial charge in [-0.25, -0.2) is 13.2 Å². The molecule has 1 N–H and O–H groups in total. The minimum absolute atomic E-state index is 0. The number of ether oxygens (including phenoxy) is 2. The molecule has 0 aliphatic carbocycles. The highest BCUT2D eigenvalue weighted by Gasteiger charge is 2.47. The third kappa shape index (κ3) is 17.5. The molecule has 3 aromatic carbocycles. The van der Waals surface area contributed by atoms with Crippen LogP contribution in [-0.4, -0.2) is 123 Å². The van der Waals surface area contributed by atoms with Gasteiger partial charge in [0.15, 0.2) is 17.7 Å². The molecule has 6 aromatic rings. The monoisotopic (exact) mass is 1250 g/mol. The molecule has 3 aliphatic rings. The van der Waals surface area contributed by atoms with Crippen LogP contribution in [0, 0.1) is 0 Å². The minimum atomic E-state index is -4.32. The van der Waals surface area contributed by atoms with E-state index in [1.807, 2.05) is 49.6 Å². The van der Waals surface area contributed by atoms with Gasteiger partial charge in [0.05, 0.1) is 47.7 Å². The van der Waals surface area contributed by atoms with E-state index in [-0.39, 0.29) is 43.3 Å². The number of benzene rings is 3. The van der Waals surface area contributed by atoms with Crippen LogP contribution in [0.5, 0.6) is 0 Å². The molecular formula is C60H76BFN3O14S5+. The Labute approximate surface area is 507 Å². The molecule has 0 spiro atoms. The Kier molecular flexibility index (Phi) is 29.5. The van der Waals surface area contributed by atoms with Gasteiger partial charge in [-0.3, -0.25) is 0 Å². The first-order valence-corrected chi connectivity index (χ1v) is 31.8. The number of carbonyl (C=O) groups is 1. The first kappa shape index (κ1) is 73.9. The molecule has 0 unspecified atom stereocenters. The second kappa shape index (κ2) is 33.5. The van der Waals surface area contributed by atoms with Gasteiger partial charge < -0.3 is 28.3 Å². The second-order valence-corrected chi connectivity index (χ2v) is 25.2. The summed E-state index contributed by atoms with van der Waals surface area (Å²) in [5, 5.41) is 19.8. The van der Waals surface area contributed by atoms with E-state index in [0.29, 0.717) is 12.1 Å². The third-order valence-corrected chi connectivity index (χ3v) is 17.9. The van der Waals surface area contributed by atoms with Crippen molar-refractivity contribution >= 4 is 140 Å². The number of anilines is 1. The molecule has 0 amide bonds. The SMILES string of the molecule is C.CCCC[N+]1=C(C)C(C)(C)c2ccc3sccc3c21.CCCN1/C(=C/C=C/C2=[N+](CCCS(=O)(=O)[O-])c3c(ccc4sccc34)C2(C)C)C(C)(C)c2cc(C(=O)O)c3sccc3c21.CCOC(C)OCC.O=C=O.O=C=O.O=S(=O)=O.[B]F. The molecule has 0 saturated carbocycles. The summed E-state index contributed by atoms with van der Waals surface area (Å²) in [6.07, 6.45) is 10.5. The van der Waals surface area contributed by atoms with Crippen molar-refractivity contribution in [3.63, 3.8) is 0 Å². The Morgan fingerprint density at radius 2 is 1.24 bits per heavy atom. The van der Waals surface area contributed by atoms with Crippen LogP contribution < -0.4 is 4.90 Å². The number of thiophene rings is 3. The van der Waals surface area contributed by atoms with Gasteiger partial charge in [-0.15, -0.1) is 46.6 Å². The van der Waals surface area contributed by atoms with Crippen molar-refractivity contribution in [1.29, 1.82) is 0 Å². The molecule has 84 heavy (non-hydrogen) atoms. The summed E-state index contributed by atoms with van der Waals surface area (Å²) in [7, 11) is -4.43. The van der Waals surface area contributed by atoms with Crippen LogP contribution in [0.15, 0.2) is 88.6 Å². The van der Waals surface area contributed by atoms with Crippen LogP contribution in [0.25, 0.3) is 30.3 Å². The van der Waals surface area contributed by atoms with E-state index < -0.39 is 37.9 Å². The number of hydrogen-bond donors (Lipinski definition) is 1. The van der Waals surface area contributed by atoms with Gasteiger partial charge in [0.25, 0.3) is 0 Å². The zero-order valence-corrected chi connectivity index (χ0v) is 52.9. The van der Waals surface area contributed by atoms with Crippen molar-refractivity contribution in [1.82, 2.24) is 0 Å². The summed E-state index contributed by atoms with van der Waals surface area (Å²) in [6, 6.07) is 17.2. The maximum atomic E-state index is 12.2. The summed E-state index contributed by atoms with van der Waals surface area (Å²) in [6.45, 7) is 29.7. The lowest BCUT2D eigenvalue weighted by atomic mass is 9.80. The van der Waals surface area contributed by atoms with Crippen molar-refractivity contribution in [2.24, 2.45) is 0 Å². The van der Waals surface area contributed by atoms with E-state index in [4.69, 9.17) is 45.6 Å². The van der Waals surface area contributed by atoms with E-state index >= 15 is 0 Å². The van der Waals surface area contributed by atoms with Gasteiger partial charge in [-0.2, -0.15) is 28.3 Å². The number of unbranched alkanes of at least 4 members (excludes halogenated alkanes) is 1. The number of fused-ring (bicyclic) bond motifs is 9. The third-order valence-electron chi connectivity index (χ3n) is 14.4. The van der Waals surface area contributed by atoms with Crippen LogP contribution in [0.3, 0.4) is 0 Å². The van der Waals surface area contributed by atoms with Crippen LogP contribution >= 0.6 is 34.0 Å². The Hall–Kier alpha value is -6.17. The van der Waals surface area contributed by atoms with E-state index in [0.717, 1.165) is 81.2 Å². The Balaban J connectivity index is 0.000000493. The van der Waals surface area contributed by atoms with Crippen molar-refractivity contribution in [2.45, 2.75) is 139 Å². The maximum Gasteiger partial charge on any atom is 0.425 e. The Morgan fingerprint density at radius 3 is 1.71 bits per heavy atom. The molecule has 0 fully saturated rings. The Bertz CT molecular complexity index is 3640. The van der Waals surface area contributed by atoms with E-state index in [1.54, 1.807) is 11.3 Å². The number of rotatable bonds is 16. The fourth-order valence-electron chi connectivity index (χ4n) is 10.6. The van der Waals surface area contributed by atoms with Crippen molar-refractivity contribution in [2.75, 3.05) is 43.5 Å². The topological polar surface area (TPSA) is 242 Å². The average Bonchev–Trinajstić information content (AvgIpc) is 2.12. The van der Waals surface area contributed by atoms with Gasteiger partial charge in [-0.05, 0) is 131 Å². The maximum absolute atomic E-state index is 12.2. The second-order valence-electron chi connectivity index (χ2n) is 20.4. The van der Waals surface area contributed by atoms with Gasteiger partial charge in [0, 0.05) is 88.4 Å². The first-order valence-electron chi connectivity index (χ1n) is 26.6. The van der Waals surface area contributed by atoms with E-state index in [2.05, 4.69) is 150 Å². The average molecular weight is 1250 g/mol. The first-order chi connectivity index (χ1) is 39.2. The lowest BCUT2D eigenvalue weighted by Crippen LogP contribution is -2.28. The lowest BCUT2D eigenvalue weighted by molar-refractivity contribution is -0.438. The molecule has 9 rings (SSSR count). The molecule has 454 valence electrons. The van der Waals surface area contributed by atoms with E-state index in [1.165, 1.54) is 56.8 Å². The number of halogens is 1. The molecule has 17 nitrogen and oxygen atoms in total. The number of carbonyl (C=O) groups excluding carboxylic acids is 4. The zero-order valence-electron chi connectivity index (χ0n) is 48.8. The highest BCUT2D eigenvalue weighted by Crippen LogP contribution is 2.53. The van der Waals surface area contributed by atoms with Crippen LogP contribution in [-0.2, 0) is 65.6 Å². The number of nitrogens with zero attached hydrogens (tertiary/aromatic N) is 3. The molecule has 0 bridgehead atoms. The minimum Gasteiger partial charge on any atom is -0.748 e. The van der Waals surface area contributed by atoms with Gasteiger partial charge in [0.2, 0.25) is 11.4 Å². The normalized spacial score (nSPS) is 15.0. The fourth-order valence-corrected chi connectivity index (χ4v) is 13.6. The highest BCUT2D eigenvalue weighted by molar-refractivity contribution is 7.85.